The topological polar surface area (TPSA) is 121 Å². The first kappa shape index (κ1) is 24.7. The van der Waals surface area contributed by atoms with Gasteiger partial charge in [0.1, 0.15) is 24.7 Å². The Hall–Kier alpha value is -3.44. The number of thioether (sulfide) groups is 1. The molecule has 0 aromatic heterocycles. The van der Waals surface area contributed by atoms with Crippen molar-refractivity contribution in [2.24, 2.45) is 10.1 Å². The summed E-state index contributed by atoms with van der Waals surface area (Å²) in [5.41, 5.74) is 2.93. The van der Waals surface area contributed by atoms with Gasteiger partial charge in [-0.2, -0.15) is 10.0 Å². The number of amides is 1. The van der Waals surface area contributed by atoms with Crippen molar-refractivity contribution in [3.05, 3.63) is 64.7 Å². The molecule has 2 aromatic carbocycles. The van der Waals surface area contributed by atoms with E-state index >= 15 is 0 Å². The lowest BCUT2D eigenvalue weighted by Crippen LogP contribution is -2.35. The van der Waals surface area contributed by atoms with Crippen molar-refractivity contribution in [2.45, 2.75) is 20.8 Å². The van der Waals surface area contributed by atoms with Gasteiger partial charge in [-0.1, -0.05) is 36.8 Å². The van der Waals surface area contributed by atoms with Crippen LogP contribution in [0, 0.1) is 19.3 Å². The van der Waals surface area contributed by atoms with Crippen LogP contribution in [0.2, 0.25) is 0 Å². The van der Waals surface area contributed by atoms with Crippen LogP contribution in [-0.2, 0) is 14.6 Å². The third kappa shape index (κ3) is 5.46. The van der Waals surface area contributed by atoms with Crippen molar-refractivity contribution < 1.29 is 22.7 Å². The molecule has 0 spiro atoms. The Kier molecular flexibility index (Phi) is 7.08. The van der Waals surface area contributed by atoms with Gasteiger partial charge < -0.3 is 9.47 Å². The SMILES string of the molecule is CCS(=O)(=O)C1=NN2C(=N)/C(=C\c3ccc(OCCOc4ccc(C)cc4C)cc3)C(=O)N=C2S1. The molecule has 0 saturated carbocycles. The summed E-state index contributed by atoms with van der Waals surface area (Å²) < 4.78 is 35.5. The van der Waals surface area contributed by atoms with Gasteiger partial charge in [0.15, 0.2) is 5.84 Å². The van der Waals surface area contributed by atoms with Crippen molar-refractivity contribution in [1.29, 1.82) is 5.41 Å². The van der Waals surface area contributed by atoms with E-state index in [-0.39, 0.29) is 26.7 Å². The molecule has 0 unspecified atom stereocenters. The van der Waals surface area contributed by atoms with Gasteiger partial charge in [0.2, 0.25) is 19.4 Å². The fraction of sp³-hybridized carbons (Fsp3) is 0.250. The Bertz CT molecular complexity index is 1380. The first-order chi connectivity index (χ1) is 16.7. The van der Waals surface area contributed by atoms with Crippen LogP contribution in [0.4, 0.5) is 0 Å². The third-order valence-electron chi connectivity index (χ3n) is 5.21. The Labute approximate surface area is 208 Å². The number of hydrogen-bond donors (Lipinski definition) is 1. The first-order valence-electron chi connectivity index (χ1n) is 10.8. The van der Waals surface area contributed by atoms with Crippen LogP contribution < -0.4 is 9.47 Å². The lowest BCUT2D eigenvalue weighted by Gasteiger charge is -2.20. The summed E-state index contributed by atoms with van der Waals surface area (Å²) in [4.78, 5) is 16.4. The zero-order valence-corrected chi connectivity index (χ0v) is 21.1. The molecule has 2 aromatic rings. The Balaban J connectivity index is 1.39. The fourth-order valence-electron chi connectivity index (χ4n) is 3.32. The van der Waals surface area contributed by atoms with Gasteiger partial charge in [0.05, 0.1) is 11.3 Å². The molecule has 182 valence electrons. The highest BCUT2D eigenvalue weighted by atomic mass is 32.3. The summed E-state index contributed by atoms with van der Waals surface area (Å²) >= 11 is 0.775. The zero-order valence-electron chi connectivity index (χ0n) is 19.4. The van der Waals surface area contributed by atoms with Gasteiger partial charge in [-0.05, 0) is 61.0 Å². The molecule has 4 rings (SSSR count). The van der Waals surface area contributed by atoms with Crippen LogP contribution >= 0.6 is 11.8 Å². The number of rotatable bonds is 7. The Morgan fingerprint density at radius 2 is 1.80 bits per heavy atom. The summed E-state index contributed by atoms with van der Waals surface area (Å²) in [5, 5.41) is 13.5. The molecule has 1 amide bonds. The second-order valence-electron chi connectivity index (χ2n) is 7.82. The van der Waals surface area contributed by atoms with Crippen LogP contribution in [-0.4, -0.2) is 53.7 Å². The molecule has 0 aliphatic carbocycles. The molecule has 1 N–H and O–H groups in total. The summed E-state index contributed by atoms with van der Waals surface area (Å²) in [6, 6.07) is 13.0. The van der Waals surface area contributed by atoms with E-state index in [1.54, 1.807) is 24.3 Å². The van der Waals surface area contributed by atoms with E-state index in [1.807, 2.05) is 26.0 Å². The quantitative estimate of drug-likeness (QED) is 0.443. The van der Waals surface area contributed by atoms with Crippen molar-refractivity contribution >= 4 is 49.0 Å². The number of fused-ring (bicyclic) bond motifs is 1. The van der Waals surface area contributed by atoms with E-state index in [1.165, 1.54) is 18.6 Å². The molecule has 0 atom stereocenters. The fourth-order valence-corrected chi connectivity index (χ4v) is 5.49. The predicted octanol–water partition coefficient (Wildman–Crippen LogP) is 3.77. The molecular formula is C24H24N4O5S2. The molecule has 0 radical (unpaired) electrons. The van der Waals surface area contributed by atoms with E-state index in [0.717, 1.165) is 28.1 Å². The number of benzene rings is 2. The lowest BCUT2D eigenvalue weighted by molar-refractivity contribution is -0.114. The van der Waals surface area contributed by atoms with E-state index in [0.29, 0.717) is 24.5 Å². The van der Waals surface area contributed by atoms with Crippen molar-refractivity contribution in [1.82, 2.24) is 5.01 Å². The van der Waals surface area contributed by atoms with Crippen molar-refractivity contribution in [2.75, 3.05) is 19.0 Å². The molecule has 2 aliphatic heterocycles. The number of hydrazone groups is 1. The molecule has 0 bridgehead atoms. The molecule has 9 nitrogen and oxygen atoms in total. The molecule has 35 heavy (non-hydrogen) atoms. The van der Waals surface area contributed by atoms with Gasteiger partial charge in [-0.15, -0.1) is 5.10 Å². The molecular weight excluding hydrogens is 488 g/mol. The molecule has 0 fully saturated rings. The number of sulfone groups is 1. The maximum Gasteiger partial charge on any atom is 0.283 e. The highest BCUT2D eigenvalue weighted by Gasteiger charge is 2.39. The minimum absolute atomic E-state index is 0.0174. The largest absolute Gasteiger partial charge is 0.490 e. The van der Waals surface area contributed by atoms with Gasteiger partial charge >= 0.3 is 0 Å². The zero-order chi connectivity index (χ0) is 25.2. The van der Waals surface area contributed by atoms with Crippen LogP contribution in [0.5, 0.6) is 11.5 Å². The van der Waals surface area contributed by atoms with Gasteiger partial charge in [-0.3, -0.25) is 10.2 Å². The highest BCUT2D eigenvalue weighted by molar-refractivity contribution is 8.42. The van der Waals surface area contributed by atoms with Crippen LogP contribution in [0.25, 0.3) is 6.08 Å². The van der Waals surface area contributed by atoms with Crippen molar-refractivity contribution in [3.63, 3.8) is 0 Å². The maximum absolute atomic E-state index is 12.5. The highest BCUT2D eigenvalue weighted by Crippen LogP contribution is 2.30. The number of aryl methyl sites for hydroxylation is 2. The monoisotopic (exact) mass is 512 g/mol. The molecule has 0 saturated heterocycles. The lowest BCUT2D eigenvalue weighted by atomic mass is 10.1. The standard InChI is InChI=1S/C24H24N4O5S2/c1-4-35(30,31)24-27-28-21(25)19(22(29)26-23(28)34-24)14-17-6-8-18(9-7-17)32-11-12-33-20-10-5-15(2)13-16(20)3/h5-10,13-14,25H,4,11-12H2,1-3H3/b19-14+,25-21?. The minimum Gasteiger partial charge on any atom is -0.490 e. The van der Waals surface area contributed by atoms with E-state index < -0.39 is 15.7 Å². The smallest absolute Gasteiger partial charge is 0.283 e. The number of ether oxygens (including phenoxy) is 2. The summed E-state index contributed by atoms with van der Waals surface area (Å²) in [5.74, 6) is 0.486. The number of aliphatic imine (C=N–C) groups is 1. The Morgan fingerprint density at radius 1 is 1.09 bits per heavy atom. The average Bonchev–Trinajstić information content (AvgIpc) is 3.26. The molecule has 2 aliphatic rings. The number of carbonyl (C=O) groups is 1. The predicted molar refractivity (Wildman–Crippen MR) is 138 cm³/mol. The van der Waals surface area contributed by atoms with Crippen LogP contribution in [0.15, 0.2) is 58.1 Å². The van der Waals surface area contributed by atoms with Gasteiger partial charge in [0.25, 0.3) is 5.91 Å². The van der Waals surface area contributed by atoms with Crippen LogP contribution in [0.3, 0.4) is 0 Å². The maximum atomic E-state index is 12.5. The second kappa shape index (κ2) is 10.0. The number of amidine groups is 2. The number of hydrogen-bond acceptors (Lipinski definition) is 8. The minimum atomic E-state index is -3.57. The van der Waals surface area contributed by atoms with Gasteiger partial charge in [-0.25, -0.2) is 8.42 Å². The third-order valence-corrected chi connectivity index (χ3v) is 8.30. The van der Waals surface area contributed by atoms with Gasteiger partial charge in [0, 0.05) is 0 Å². The second-order valence-corrected chi connectivity index (χ2v) is 11.2. The summed E-state index contributed by atoms with van der Waals surface area (Å²) in [7, 11) is -3.57. The normalized spacial score (nSPS) is 16.8. The first-order valence-corrected chi connectivity index (χ1v) is 13.3. The number of nitrogens with zero attached hydrogens (tertiary/aromatic N) is 3. The summed E-state index contributed by atoms with van der Waals surface area (Å²) in [6.45, 7) is 6.30. The summed E-state index contributed by atoms with van der Waals surface area (Å²) in [6.07, 6.45) is 1.52. The van der Waals surface area contributed by atoms with E-state index in [9.17, 15) is 13.2 Å². The van der Waals surface area contributed by atoms with E-state index in [4.69, 9.17) is 14.9 Å². The molecule has 11 heteroatoms. The number of nitrogens with one attached hydrogen (secondary N) is 1. The molecule has 2 heterocycles. The Morgan fingerprint density at radius 3 is 2.49 bits per heavy atom. The van der Waals surface area contributed by atoms with Crippen molar-refractivity contribution in [3.8, 4) is 11.5 Å². The van der Waals surface area contributed by atoms with E-state index in [2.05, 4.69) is 16.2 Å². The average molecular weight is 513 g/mol. The number of carbonyl (C=O) groups excluding carboxylic acids is 1. The van der Waals surface area contributed by atoms with Crippen LogP contribution in [0.1, 0.15) is 23.6 Å².